The predicted molar refractivity (Wildman–Crippen MR) is 100 cm³/mol. The molecule has 0 unspecified atom stereocenters. The average Bonchev–Trinajstić information content (AvgIpc) is 2.64. The van der Waals surface area contributed by atoms with Crippen molar-refractivity contribution < 1.29 is 13.2 Å². The maximum atomic E-state index is 12.7. The largest absolute Gasteiger partial charge is 0.322 e. The fourth-order valence-electron chi connectivity index (χ4n) is 2.50. The van der Waals surface area contributed by atoms with E-state index in [1.54, 1.807) is 57.2 Å². The number of rotatable bonds is 6. The molecular formula is C19H21N3O3S. The van der Waals surface area contributed by atoms with Gasteiger partial charge >= 0.3 is 0 Å². The van der Waals surface area contributed by atoms with Crippen molar-refractivity contribution in [1.29, 1.82) is 5.26 Å². The van der Waals surface area contributed by atoms with E-state index in [1.807, 2.05) is 6.07 Å². The minimum atomic E-state index is -3.60. The molecule has 1 N–H and O–H groups in total. The number of nitrogens with zero attached hydrogens (tertiary/aromatic N) is 2. The maximum Gasteiger partial charge on any atom is 0.255 e. The Morgan fingerprint density at radius 1 is 1.12 bits per heavy atom. The van der Waals surface area contributed by atoms with Crippen LogP contribution in [0.25, 0.3) is 0 Å². The molecule has 0 aliphatic rings. The van der Waals surface area contributed by atoms with Crippen LogP contribution in [-0.2, 0) is 10.0 Å². The molecule has 7 heteroatoms. The molecule has 2 aromatic rings. The van der Waals surface area contributed by atoms with Crippen LogP contribution in [0.3, 0.4) is 0 Å². The lowest BCUT2D eigenvalue weighted by molar-refractivity contribution is 0.102. The molecule has 0 bridgehead atoms. The Bertz CT molecular complexity index is 941. The standard InChI is InChI=1S/C19H21N3O3S/c1-4-22(5-2)26(24,25)17-11-6-14(3)18(12-17)21-19(23)16-9-7-15(13-20)8-10-16/h6-12H,4-5H2,1-3H3,(H,21,23). The Hall–Kier alpha value is -2.69. The summed E-state index contributed by atoms with van der Waals surface area (Å²) < 4.78 is 26.7. The molecule has 0 saturated carbocycles. The second-order valence-corrected chi connectivity index (χ2v) is 7.65. The zero-order chi connectivity index (χ0) is 19.3. The van der Waals surface area contributed by atoms with Gasteiger partial charge in [0.2, 0.25) is 10.0 Å². The molecule has 0 heterocycles. The van der Waals surface area contributed by atoms with Crippen LogP contribution < -0.4 is 5.32 Å². The van der Waals surface area contributed by atoms with Crippen molar-refractivity contribution in [3.63, 3.8) is 0 Å². The first-order chi connectivity index (χ1) is 12.3. The van der Waals surface area contributed by atoms with Crippen molar-refractivity contribution in [2.75, 3.05) is 18.4 Å². The van der Waals surface area contributed by atoms with Crippen LogP contribution in [-0.4, -0.2) is 31.7 Å². The predicted octanol–water partition coefficient (Wildman–Crippen LogP) is 3.15. The summed E-state index contributed by atoms with van der Waals surface area (Å²) in [6.45, 7) is 6.10. The number of carbonyl (C=O) groups excluding carboxylic acids is 1. The van der Waals surface area contributed by atoms with Crippen LogP contribution in [0.5, 0.6) is 0 Å². The van der Waals surface area contributed by atoms with Gasteiger partial charge in [-0.25, -0.2) is 8.42 Å². The highest BCUT2D eigenvalue weighted by atomic mass is 32.2. The van der Waals surface area contributed by atoms with Gasteiger partial charge in [-0.2, -0.15) is 9.57 Å². The number of nitrogens with one attached hydrogen (secondary N) is 1. The molecule has 0 spiro atoms. The summed E-state index contributed by atoms with van der Waals surface area (Å²) in [5, 5.41) is 11.6. The van der Waals surface area contributed by atoms with Crippen molar-refractivity contribution in [3.05, 3.63) is 59.2 Å². The first-order valence-corrected chi connectivity index (χ1v) is 9.69. The number of carbonyl (C=O) groups is 1. The van der Waals surface area contributed by atoms with Crippen LogP contribution in [0.2, 0.25) is 0 Å². The van der Waals surface area contributed by atoms with E-state index >= 15 is 0 Å². The van der Waals surface area contributed by atoms with Crippen molar-refractivity contribution in [3.8, 4) is 6.07 Å². The highest BCUT2D eigenvalue weighted by Gasteiger charge is 2.22. The third-order valence-electron chi connectivity index (χ3n) is 4.08. The summed E-state index contributed by atoms with van der Waals surface area (Å²) in [7, 11) is -3.60. The zero-order valence-corrected chi connectivity index (χ0v) is 15.8. The van der Waals surface area contributed by atoms with Crippen LogP contribution >= 0.6 is 0 Å². The highest BCUT2D eigenvalue weighted by molar-refractivity contribution is 7.89. The first-order valence-electron chi connectivity index (χ1n) is 8.25. The summed E-state index contributed by atoms with van der Waals surface area (Å²) >= 11 is 0. The lowest BCUT2D eigenvalue weighted by Crippen LogP contribution is -2.30. The number of sulfonamides is 1. The van der Waals surface area contributed by atoms with Gasteiger partial charge in [-0.1, -0.05) is 19.9 Å². The fourth-order valence-corrected chi connectivity index (χ4v) is 3.98. The Morgan fingerprint density at radius 2 is 1.73 bits per heavy atom. The monoisotopic (exact) mass is 371 g/mol. The van der Waals surface area contributed by atoms with Gasteiger partial charge in [-0.05, 0) is 48.9 Å². The number of anilines is 1. The second kappa shape index (κ2) is 8.13. The summed E-state index contributed by atoms with van der Waals surface area (Å²) in [5.41, 5.74) is 2.04. The van der Waals surface area contributed by atoms with E-state index < -0.39 is 10.0 Å². The number of hydrogen-bond donors (Lipinski definition) is 1. The van der Waals surface area contributed by atoms with E-state index in [0.29, 0.717) is 29.9 Å². The van der Waals surface area contributed by atoms with Gasteiger partial charge < -0.3 is 5.32 Å². The summed E-state index contributed by atoms with van der Waals surface area (Å²) in [6, 6.07) is 12.9. The van der Waals surface area contributed by atoms with Gasteiger partial charge in [-0.3, -0.25) is 4.79 Å². The summed E-state index contributed by atoms with van der Waals surface area (Å²) in [5.74, 6) is -0.366. The molecule has 0 aromatic heterocycles. The van der Waals surface area contributed by atoms with Gasteiger partial charge in [0.05, 0.1) is 16.5 Å². The molecule has 2 rings (SSSR count). The molecule has 2 aromatic carbocycles. The third-order valence-corrected chi connectivity index (χ3v) is 6.12. The lowest BCUT2D eigenvalue weighted by atomic mass is 10.1. The Kier molecular flexibility index (Phi) is 6.14. The molecule has 0 radical (unpaired) electrons. The van der Waals surface area contributed by atoms with Crippen molar-refractivity contribution in [2.45, 2.75) is 25.7 Å². The molecule has 0 atom stereocenters. The fraction of sp³-hybridized carbons (Fsp3) is 0.263. The molecule has 0 aliphatic heterocycles. The van der Waals surface area contributed by atoms with Gasteiger partial charge in [-0.15, -0.1) is 0 Å². The number of hydrogen-bond acceptors (Lipinski definition) is 4. The maximum absolute atomic E-state index is 12.7. The van der Waals surface area contributed by atoms with E-state index in [-0.39, 0.29) is 10.8 Å². The minimum Gasteiger partial charge on any atom is -0.322 e. The molecular weight excluding hydrogens is 350 g/mol. The number of amides is 1. The molecule has 0 aliphatic carbocycles. The number of aryl methyl sites for hydroxylation is 1. The van der Waals surface area contributed by atoms with E-state index in [4.69, 9.17) is 5.26 Å². The molecule has 0 saturated heterocycles. The molecule has 6 nitrogen and oxygen atoms in total. The van der Waals surface area contributed by atoms with Crippen molar-refractivity contribution in [1.82, 2.24) is 4.31 Å². The van der Waals surface area contributed by atoms with E-state index in [2.05, 4.69) is 5.32 Å². The van der Waals surface area contributed by atoms with Crippen LogP contribution in [0.4, 0.5) is 5.69 Å². The first kappa shape index (κ1) is 19.6. The number of benzene rings is 2. The van der Waals surface area contributed by atoms with Gasteiger partial charge in [0.15, 0.2) is 0 Å². The van der Waals surface area contributed by atoms with Gasteiger partial charge in [0.1, 0.15) is 0 Å². The van der Waals surface area contributed by atoms with E-state index in [9.17, 15) is 13.2 Å². The molecule has 136 valence electrons. The minimum absolute atomic E-state index is 0.141. The van der Waals surface area contributed by atoms with E-state index in [0.717, 1.165) is 5.56 Å². The van der Waals surface area contributed by atoms with Crippen LogP contribution in [0, 0.1) is 18.3 Å². The molecule has 0 fully saturated rings. The summed E-state index contributed by atoms with van der Waals surface area (Å²) in [6.07, 6.45) is 0. The molecule has 1 amide bonds. The lowest BCUT2D eigenvalue weighted by Gasteiger charge is -2.19. The van der Waals surface area contributed by atoms with Crippen molar-refractivity contribution >= 4 is 21.6 Å². The Morgan fingerprint density at radius 3 is 2.27 bits per heavy atom. The zero-order valence-electron chi connectivity index (χ0n) is 15.0. The average molecular weight is 371 g/mol. The Balaban J connectivity index is 2.32. The van der Waals surface area contributed by atoms with Crippen LogP contribution in [0.15, 0.2) is 47.4 Å². The Labute approximate surface area is 154 Å². The second-order valence-electron chi connectivity index (χ2n) is 5.71. The van der Waals surface area contributed by atoms with E-state index in [1.165, 1.54) is 10.4 Å². The third kappa shape index (κ3) is 4.10. The van der Waals surface area contributed by atoms with Crippen LogP contribution in [0.1, 0.15) is 35.3 Å². The smallest absolute Gasteiger partial charge is 0.255 e. The topological polar surface area (TPSA) is 90.3 Å². The number of nitriles is 1. The van der Waals surface area contributed by atoms with Gasteiger partial charge in [0.25, 0.3) is 5.91 Å². The molecule has 26 heavy (non-hydrogen) atoms. The normalized spacial score (nSPS) is 11.2. The highest BCUT2D eigenvalue weighted by Crippen LogP contribution is 2.23. The van der Waals surface area contributed by atoms with Gasteiger partial charge in [0, 0.05) is 24.3 Å². The summed E-state index contributed by atoms with van der Waals surface area (Å²) in [4.78, 5) is 12.6. The SMILES string of the molecule is CCN(CC)S(=O)(=O)c1ccc(C)c(NC(=O)c2ccc(C#N)cc2)c1. The van der Waals surface area contributed by atoms with Crippen molar-refractivity contribution in [2.24, 2.45) is 0 Å². The quantitative estimate of drug-likeness (QED) is 0.844.